The molecule has 2 rings (SSSR count). The van der Waals surface area contributed by atoms with Crippen LogP contribution in [0.5, 0.6) is 0 Å². The zero-order valence-corrected chi connectivity index (χ0v) is 9.37. The Morgan fingerprint density at radius 2 is 2.38 bits per heavy atom. The molecule has 1 saturated heterocycles. The molecule has 1 fully saturated rings. The lowest BCUT2D eigenvalue weighted by atomic mass is 9.97. The zero-order chi connectivity index (χ0) is 11.5. The van der Waals surface area contributed by atoms with Crippen molar-refractivity contribution in [3.05, 3.63) is 18.2 Å². The number of hydrogen-bond acceptors (Lipinski definition) is 2. The maximum atomic E-state index is 12.4. The van der Waals surface area contributed by atoms with Gasteiger partial charge >= 0.3 is 0 Å². The van der Waals surface area contributed by atoms with E-state index < -0.39 is 6.43 Å². The summed E-state index contributed by atoms with van der Waals surface area (Å²) in [4.78, 5) is 3.97. The van der Waals surface area contributed by atoms with Crippen LogP contribution < -0.4 is 5.32 Å². The fraction of sp³-hybridized carbons (Fsp3) is 0.727. The molecule has 2 atom stereocenters. The molecule has 0 bridgehead atoms. The van der Waals surface area contributed by atoms with Gasteiger partial charge in [0.1, 0.15) is 0 Å². The molecule has 90 valence electrons. The fourth-order valence-corrected chi connectivity index (χ4v) is 2.29. The van der Waals surface area contributed by atoms with Crippen LogP contribution in [0.1, 0.15) is 37.9 Å². The van der Waals surface area contributed by atoms with Gasteiger partial charge in [0.25, 0.3) is 6.43 Å². The monoisotopic (exact) mass is 229 g/mol. The van der Waals surface area contributed by atoms with E-state index in [1.54, 1.807) is 10.8 Å². The summed E-state index contributed by atoms with van der Waals surface area (Å²) >= 11 is 0. The summed E-state index contributed by atoms with van der Waals surface area (Å²) in [6, 6.07) is 0.624. The third-order valence-corrected chi connectivity index (χ3v) is 3.05. The lowest BCUT2D eigenvalue weighted by Crippen LogP contribution is -2.35. The predicted octanol–water partition coefficient (Wildman–Crippen LogP) is 2.35. The van der Waals surface area contributed by atoms with Crippen LogP contribution in [0.4, 0.5) is 8.78 Å². The van der Waals surface area contributed by atoms with E-state index in [1.807, 2.05) is 0 Å². The number of halogens is 2. The number of hydrogen-bond donors (Lipinski definition) is 1. The van der Waals surface area contributed by atoms with Crippen molar-refractivity contribution in [1.82, 2.24) is 14.9 Å². The van der Waals surface area contributed by atoms with Gasteiger partial charge in [0.2, 0.25) is 0 Å². The minimum absolute atomic E-state index is 0.171. The highest BCUT2D eigenvalue weighted by Crippen LogP contribution is 2.25. The normalized spacial score (nSPS) is 26.2. The minimum atomic E-state index is -2.33. The third kappa shape index (κ3) is 2.58. The average molecular weight is 229 g/mol. The lowest BCUT2D eigenvalue weighted by molar-refractivity contribution is 0.124. The highest BCUT2D eigenvalue weighted by atomic mass is 19.3. The van der Waals surface area contributed by atoms with E-state index >= 15 is 0 Å². The first-order valence-corrected chi connectivity index (χ1v) is 5.71. The number of imidazole rings is 1. The number of aromatic nitrogens is 2. The summed E-state index contributed by atoms with van der Waals surface area (Å²) in [6.45, 7) is 1.86. The average Bonchev–Trinajstić information content (AvgIpc) is 2.65. The number of rotatable bonds is 3. The molecule has 2 heterocycles. The molecule has 0 aromatic carbocycles. The summed E-state index contributed by atoms with van der Waals surface area (Å²) < 4.78 is 26.3. The predicted molar refractivity (Wildman–Crippen MR) is 57.4 cm³/mol. The van der Waals surface area contributed by atoms with Gasteiger partial charge < -0.3 is 9.88 Å². The van der Waals surface area contributed by atoms with E-state index in [0.29, 0.717) is 6.04 Å². The fourth-order valence-electron chi connectivity index (χ4n) is 2.29. The topological polar surface area (TPSA) is 29.9 Å². The minimum Gasteiger partial charge on any atom is -0.327 e. The Bertz CT molecular complexity index is 338. The van der Waals surface area contributed by atoms with Gasteiger partial charge in [-0.2, -0.15) is 0 Å². The molecular weight excluding hydrogens is 212 g/mol. The Labute approximate surface area is 93.9 Å². The van der Waals surface area contributed by atoms with E-state index in [2.05, 4.69) is 17.2 Å². The molecule has 3 nitrogen and oxygen atoms in total. The van der Waals surface area contributed by atoms with Crippen molar-refractivity contribution >= 4 is 0 Å². The second-order valence-electron chi connectivity index (χ2n) is 4.41. The molecule has 1 aromatic heterocycles. The molecule has 2 unspecified atom stereocenters. The van der Waals surface area contributed by atoms with Crippen molar-refractivity contribution in [3.8, 4) is 0 Å². The molecule has 1 aromatic rings. The maximum absolute atomic E-state index is 12.4. The SMILES string of the molecule is CC1CCCC(c2cncn2CC(F)F)N1. The number of nitrogens with one attached hydrogen (secondary N) is 1. The van der Waals surface area contributed by atoms with Gasteiger partial charge in [-0.05, 0) is 26.2 Å². The van der Waals surface area contributed by atoms with Crippen LogP contribution >= 0.6 is 0 Å². The smallest absolute Gasteiger partial charge is 0.256 e. The van der Waals surface area contributed by atoms with E-state index in [-0.39, 0.29) is 12.6 Å². The van der Waals surface area contributed by atoms with Crippen LogP contribution in [-0.2, 0) is 6.54 Å². The first-order valence-electron chi connectivity index (χ1n) is 5.71. The largest absolute Gasteiger partial charge is 0.327 e. The Morgan fingerprint density at radius 1 is 1.56 bits per heavy atom. The highest BCUT2D eigenvalue weighted by molar-refractivity contribution is 5.07. The Morgan fingerprint density at radius 3 is 3.06 bits per heavy atom. The van der Waals surface area contributed by atoms with Crippen LogP contribution in [0.2, 0.25) is 0 Å². The summed E-state index contributed by atoms with van der Waals surface area (Å²) in [6.07, 6.45) is 4.15. The van der Waals surface area contributed by atoms with E-state index in [9.17, 15) is 8.78 Å². The van der Waals surface area contributed by atoms with Gasteiger partial charge in [0.05, 0.1) is 18.6 Å². The molecule has 1 aliphatic rings. The van der Waals surface area contributed by atoms with Crippen LogP contribution in [0.15, 0.2) is 12.5 Å². The lowest BCUT2D eigenvalue weighted by Gasteiger charge is -2.29. The Hall–Kier alpha value is -0.970. The van der Waals surface area contributed by atoms with Crippen LogP contribution in [0.3, 0.4) is 0 Å². The van der Waals surface area contributed by atoms with Gasteiger partial charge in [0, 0.05) is 18.3 Å². The number of alkyl halides is 2. The van der Waals surface area contributed by atoms with Gasteiger partial charge in [-0.1, -0.05) is 0 Å². The molecule has 16 heavy (non-hydrogen) atoms. The zero-order valence-electron chi connectivity index (χ0n) is 9.37. The summed E-state index contributed by atoms with van der Waals surface area (Å²) in [5, 5.41) is 3.43. The molecule has 1 N–H and O–H groups in total. The molecule has 0 saturated carbocycles. The van der Waals surface area contributed by atoms with E-state index in [1.165, 1.54) is 6.33 Å². The van der Waals surface area contributed by atoms with Gasteiger partial charge in [-0.15, -0.1) is 0 Å². The van der Waals surface area contributed by atoms with Gasteiger partial charge in [0.15, 0.2) is 0 Å². The van der Waals surface area contributed by atoms with Crippen molar-refractivity contribution in [1.29, 1.82) is 0 Å². The van der Waals surface area contributed by atoms with Crippen LogP contribution in [0, 0.1) is 0 Å². The first-order chi connectivity index (χ1) is 7.66. The second-order valence-corrected chi connectivity index (χ2v) is 4.41. The third-order valence-electron chi connectivity index (χ3n) is 3.05. The van der Waals surface area contributed by atoms with Crippen LogP contribution in [0.25, 0.3) is 0 Å². The molecule has 0 radical (unpaired) electrons. The number of piperidine rings is 1. The van der Waals surface area contributed by atoms with E-state index in [0.717, 1.165) is 25.0 Å². The molecular formula is C11H17F2N3. The molecule has 1 aliphatic heterocycles. The van der Waals surface area contributed by atoms with Crippen molar-refractivity contribution in [2.75, 3.05) is 0 Å². The maximum Gasteiger partial charge on any atom is 0.256 e. The standard InChI is InChI=1S/C11H17F2N3/c1-8-3-2-4-9(15-8)10-5-14-7-16(10)6-11(12)13/h5,7-9,11,15H,2-4,6H2,1H3. The highest BCUT2D eigenvalue weighted by Gasteiger charge is 2.22. The van der Waals surface area contributed by atoms with Gasteiger partial charge in [-0.3, -0.25) is 0 Å². The van der Waals surface area contributed by atoms with Crippen LogP contribution in [-0.4, -0.2) is 22.0 Å². The summed E-state index contributed by atoms with van der Waals surface area (Å²) in [5.41, 5.74) is 0.881. The molecule has 0 spiro atoms. The first kappa shape index (κ1) is 11.5. The molecule has 0 aliphatic carbocycles. The van der Waals surface area contributed by atoms with Crippen molar-refractivity contribution in [2.24, 2.45) is 0 Å². The molecule has 5 heteroatoms. The molecule has 0 amide bonds. The Kier molecular flexibility index (Phi) is 3.53. The van der Waals surface area contributed by atoms with Crippen molar-refractivity contribution in [2.45, 2.75) is 51.2 Å². The second kappa shape index (κ2) is 4.91. The van der Waals surface area contributed by atoms with Gasteiger partial charge in [-0.25, -0.2) is 13.8 Å². The van der Waals surface area contributed by atoms with Crippen molar-refractivity contribution < 1.29 is 8.78 Å². The quantitative estimate of drug-likeness (QED) is 0.862. The number of nitrogens with zero attached hydrogens (tertiary/aromatic N) is 2. The van der Waals surface area contributed by atoms with Crippen molar-refractivity contribution in [3.63, 3.8) is 0 Å². The Balaban J connectivity index is 2.10. The summed E-state index contributed by atoms with van der Waals surface area (Å²) in [7, 11) is 0. The van der Waals surface area contributed by atoms with E-state index in [4.69, 9.17) is 0 Å². The summed E-state index contributed by atoms with van der Waals surface area (Å²) in [5.74, 6) is 0.